The summed E-state index contributed by atoms with van der Waals surface area (Å²) in [5.41, 5.74) is 1.78. The maximum absolute atomic E-state index is 12.6. The van der Waals surface area contributed by atoms with Crippen molar-refractivity contribution in [3.05, 3.63) is 53.6 Å². The number of hydrogen-bond donors (Lipinski definition) is 1. The highest BCUT2D eigenvalue weighted by molar-refractivity contribution is 7.89. The Morgan fingerprint density at radius 2 is 1.68 bits per heavy atom. The minimum atomic E-state index is -3.73. The molecule has 1 amide bonds. The zero-order valence-corrected chi connectivity index (χ0v) is 17.5. The minimum Gasteiger partial charge on any atom is -0.493 e. The van der Waals surface area contributed by atoms with Crippen LogP contribution in [0, 0.1) is 6.92 Å². The number of amides is 1. The molecular formula is C20H26N2O5S. The third-order valence-electron chi connectivity index (χ3n) is 4.38. The summed E-state index contributed by atoms with van der Waals surface area (Å²) in [7, 11) is 0.736. The molecule has 28 heavy (non-hydrogen) atoms. The largest absolute Gasteiger partial charge is 0.493 e. The van der Waals surface area contributed by atoms with Crippen molar-refractivity contribution >= 4 is 15.9 Å². The molecule has 0 saturated carbocycles. The first kappa shape index (κ1) is 21.7. The zero-order valence-electron chi connectivity index (χ0n) is 16.7. The Labute approximate surface area is 166 Å². The summed E-state index contributed by atoms with van der Waals surface area (Å²) >= 11 is 0. The van der Waals surface area contributed by atoms with Gasteiger partial charge in [-0.25, -0.2) is 8.42 Å². The lowest BCUT2D eigenvalue weighted by Crippen LogP contribution is -2.39. The Morgan fingerprint density at radius 1 is 1.07 bits per heavy atom. The van der Waals surface area contributed by atoms with E-state index in [0.717, 1.165) is 15.4 Å². The normalized spacial score (nSPS) is 12.5. The predicted octanol–water partition coefficient (Wildman–Crippen LogP) is 2.51. The van der Waals surface area contributed by atoms with Gasteiger partial charge in [-0.3, -0.25) is 4.79 Å². The van der Waals surface area contributed by atoms with Gasteiger partial charge in [0.05, 0.1) is 31.7 Å². The van der Waals surface area contributed by atoms with Gasteiger partial charge < -0.3 is 14.8 Å². The lowest BCUT2D eigenvalue weighted by molar-refractivity contribution is -0.121. The lowest BCUT2D eigenvalue weighted by Gasteiger charge is -2.20. The monoisotopic (exact) mass is 406 g/mol. The zero-order chi connectivity index (χ0) is 20.9. The molecule has 2 aromatic rings. The van der Waals surface area contributed by atoms with E-state index in [1.807, 2.05) is 19.9 Å². The fraction of sp³-hybridized carbons (Fsp3) is 0.350. The fourth-order valence-corrected chi connectivity index (χ4v) is 3.80. The second-order valence-corrected chi connectivity index (χ2v) is 8.52. The van der Waals surface area contributed by atoms with Gasteiger partial charge in [0.2, 0.25) is 15.9 Å². The Balaban J connectivity index is 2.05. The van der Waals surface area contributed by atoms with Crippen molar-refractivity contribution in [3.63, 3.8) is 0 Å². The summed E-state index contributed by atoms with van der Waals surface area (Å²) in [5.74, 6) is 0.745. The molecule has 0 unspecified atom stereocenters. The van der Waals surface area contributed by atoms with E-state index in [0.29, 0.717) is 11.5 Å². The van der Waals surface area contributed by atoms with Gasteiger partial charge in [-0.1, -0.05) is 23.8 Å². The van der Waals surface area contributed by atoms with E-state index in [1.165, 1.54) is 26.3 Å². The average molecular weight is 407 g/mol. The summed E-state index contributed by atoms with van der Waals surface area (Å²) in [5, 5.41) is 2.81. The van der Waals surface area contributed by atoms with Gasteiger partial charge >= 0.3 is 0 Å². The number of nitrogens with one attached hydrogen (secondary N) is 1. The molecular weight excluding hydrogens is 380 g/mol. The van der Waals surface area contributed by atoms with Gasteiger partial charge in [0.1, 0.15) is 0 Å². The van der Waals surface area contributed by atoms with Crippen molar-refractivity contribution in [2.75, 3.05) is 27.8 Å². The second kappa shape index (κ2) is 9.07. The average Bonchev–Trinajstić information content (AvgIpc) is 2.67. The number of carbonyl (C=O) groups is 1. The van der Waals surface area contributed by atoms with E-state index in [-0.39, 0.29) is 17.5 Å². The van der Waals surface area contributed by atoms with Gasteiger partial charge in [0.15, 0.2) is 11.5 Å². The minimum absolute atomic E-state index is 0.154. The molecule has 0 bridgehead atoms. The van der Waals surface area contributed by atoms with Crippen LogP contribution < -0.4 is 14.8 Å². The standard InChI is InChI=1S/C20H26N2O5S/c1-14-6-9-17(10-7-14)28(24,25)22(3)13-20(23)21-15(2)16-8-11-18(26-4)19(12-16)27-5/h6-12,15H,13H2,1-5H3,(H,21,23)/t15-/m0/s1. The maximum atomic E-state index is 12.6. The number of likely N-dealkylation sites (N-methyl/N-ethyl adjacent to an activating group) is 1. The molecule has 0 saturated heterocycles. The Hall–Kier alpha value is -2.58. The van der Waals surface area contributed by atoms with E-state index in [2.05, 4.69) is 5.32 Å². The van der Waals surface area contributed by atoms with Crippen LogP contribution in [0.4, 0.5) is 0 Å². The van der Waals surface area contributed by atoms with Crippen LogP contribution in [0.2, 0.25) is 0 Å². The Morgan fingerprint density at radius 3 is 2.25 bits per heavy atom. The van der Waals surface area contributed by atoms with Gasteiger partial charge in [-0.2, -0.15) is 4.31 Å². The first-order valence-corrected chi connectivity index (χ1v) is 10.2. The molecule has 0 spiro atoms. The molecule has 0 radical (unpaired) electrons. The number of nitrogens with zero attached hydrogens (tertiary/aromatic N) is 1. The predicted molar refractivity (Wildman–Crippen MR) is 107 cm³/mol. The third-order valence-corrected chi connectivity index (χ3v) is 6.20. The quantitative estimate of drug-likeness (QED) is 0.728. The summed E-state index contributed by atoms with van der Waals surface area (Å²) in [4.78, 5) is 12.5. The van der Waals surface area contributed by atoms with Crippen molar-refractivity contribution in [1.82, 2.24) is 9.62 Å². The molecule has 0 fully saturated rings. The number of methoxy groups -OCH3 is 2. The molecule has 2 rings (SSSR count). The third kappa shape index (κ3) is 5.02. The van der Waals surface area contributed by atoms with Crippen molar-refractivity contribution in [3.8, 4) is 11.5 Å². The van der Waals surface area contributed by atoms with Crippen molar-refractivity contribution in [2.24, 2.45) is 0 Å². The Kier molecular flexibility index (Phi) is 7.04. The van der Waals surface area contributed by atoms with Crippen LogP contribution in [0.1, 0.15) is 24.1 Å². The lowest BCUT2D eigenvalue weighted by atomic mass is 10.1. The maximum Gasteiger partial charge on any atom is 0.243 e. The molecule has 7 nitrogen and oxygen atoms in total. The highest BCUT2D eigenvalue weighted by Gasteiger charge is 2.23. The van der Waals surface area contributed by atoms with Crippen molar-refractivity contribution in [2.45, 2.75) is 24.8 Å². The van der Waals surface area contributed by atoms with Gasteiger partial charge in [0, 0.05) is 7.05 Å². The number of sulfonamides is 1. The summed E-state index contributed by atoms with van der Waals surface area (Å²) in [6.45, 7) is 3.41. The second-order valence-electron chi connectivity index (χ2n) is 6.48. The SMILES string of the molecule is COc1ccc([C@H](C)NC(=O)CN(C)S(=O)(=O)c2ccc(C)cc2)cc1OC. The van der Waals surface area contributed by atoms with Crippen molar-refractivity contribution in [1.29, 1.82) is 0 Å². The summed E-state index contributed by atoms with van der Waals surface area (Å²) < 4.78 is 36.7. The first-order chi connectivity index (χ1) is 13.2. The Bertz CT molecular complexity index is 926. The number of hydrogen-bond acceptors (Lipinski definition) is 5. The van der Waals surface area contributed by atoms with E-state index < -0.39 is 15.9 Å². The number of aryl methyl sites for hydroxylation is 1. The highest BCUT2D eigenvalue weighted by atomic mass is 32.2. The number of ether oxygens (including phenoxy) is 2. The van der Waals surface area contributed by atoms with Crippen LogP contribution in [-0.2, 0) is 14.8 Å². The van der Waals surface area contributed by atoms with E-state index in [1.54, 1.807) is 31.4 Å². The molecule has 0 aliphatic heterocycles. The molecule has 8 heteroatoms. The van der Waals surface area contributed by atoms with Crippen LogP contribution in [0.3, 0.4) is 0 Å². The topological polar surface area (TPSA) is 84.9 Å². The molecule has 0 heterocycles. The van der Waals surface area contributed by atoms with Crippen LogP contribution in [-0.4, -0.2) is 46.4 Å². The smallest absolute Gasteiger partial charge is 0.243 e. The molecule has 0 aliphatic rings. The highest BCUT2D eigenvalue weighted by Crippen LogP contribution is 2.29. The van der Waals surface area contributed by atoms with Crippen LogP contribution in [0.5, 0.6) is 11.5 Å². The van der Waals surface area contributed by atoms with Crippen LogP contribution in [0.15, 0.2) is 47.4 Å². The first-order valence-electron chi connectivity index (χ1n) is 8.73. The molecule has 1 N–H and O–H groups in total. The van der Waals surface area contributed by atoms with E-state index in [9.17, 15) is 13.2 Å². The molecule has 2 aromatic carbocycles. The molecule has 1 atom stereocenters. The fourth-order valence-electron chi connectivity index (χ4n) is 2.67. The van der Waals surface area contributed by atoms with Crippen molar-refractivity contribution < 1.29 is 22.7 Å². The molecule has 0 aliphatic carbocycles. The number of benzene rings is 2. The van der Waals surface area contributed by atoms with Crippen LogP contribution >= 0.6 is 0 Å². The molecule has 152 valence electrons. The van der Waals surface area contributed by atoms with E-state index >= 15 is 0 Å². The summed E-state index contributed by atoms with van der Waals surface area (Å²) in [6.07, 6.45) is 0. The summed E-state index contributed by atoms with van der Waals surface area (Å²) in [6, 6.07) is 11.5. The number of rotatable bonds is 8. The van der Waals surface area contributed by atoms with Gasteiger partial charge in [-0.05, 0) is 43.7 Å². The van der Waals surface area contributed by atoms with Crippen LogP contribution in [0.25, 0.3) is 0 Å². The van der Waals surface area contributed by atoms with Gasteiger partial charge in [-0.15, -0.1) is 0 Å². The van der Waals surface area contributed by atoms with E-state index in [4.69, 9.17) is 9.47 Å². The molecule has 0 aromatic heterocycles. The number of carbonyl (C=O) groups excluding carboxylic acids is 1. The van der Waals surface area contributed by atoms with Gasteiger partial charge in [0.25, 0.3) is 0 Å².